The van der Waals surface area contributed by atoms with Crippen LogP contribution in [0.1, 0.15) is 45.5 Å². The van der Waals surface area contributed by atoms with Crippen LogP contribution < -0.4 is 5.32 Å². The van der Waals surface area contributed by atoms with E-state index in [1.165, 1.54) is 4.31 Å². The number of sulfonamides is 1. The molecule has 2 aromatic carbocycles. The van der Waals surface area contributed by atoms with Crippen molar-refractivity contribution < 1.29 is 22.7 Å². The van der Waals surface area contributed by atoms with Crippen LogP contribution >= 0.6 is 0 Å². The summed E-state index contributed by atoms with van der Waals surface area (Å²) in [5.41, 5.74) is 1.94. The van der Waals surface area contributed by atoms with E-state index < -0.39 is 10.0 Å². The number of benzene rings is 2. The number of ether oxygens (including phenoxy) is 1. The molecule has 176 valence electrons. The first kappa shape index (κ1) is 23.4. The van der Waals surface area contributed by atoms with Crippen molar-refractivity contribution >= 4 is 27.5 Å². The minimum atomic E-state index is -3.43. The van der Waals surface area contributed by atoms with Crippen molar-refractivity contribution in [2.24, 2.45) is 0 Å². The molecule has 2 aromatic rings. The molecule has 0 atom stereocenters. The van der Waals surface area contributed by atoms with E-state index in [0.717, 1.165) is 32.4 Å². The number of anilines is 1. The average Bonchev–Trinajstić information content (AvgIpc) is 2.85. The van der Waals surface area contributed by atoms with Gasteiger partial charge in [0.2, 0.25) is 10.0 Å². The second kappa shape index (κ2) is 10.5. The lowest BCUT2D eigenvalue weighted by Crippen LogP contribution is -2.41. The number of piperidine rings is 1. The Morgan fingerprint density at radius 2 is 1.55 bits per heavy atom. The quantitative estimate of drug-likeness (QED) is 0.699. The van der Waals surface area contributed by atoms with E-state index in [0.29, 0.717) is 48.7 Å². The van der Waals surface area contributed by atoms with E-state index in [9.17, 15) is 18.0 Å². The number of carbonyl (C=O) groups is 2. The number of likely N-dealkylation sites (tertiary alicyclic amines) is 1. The first-order valence-corrected chi connectivity index (χ1v) is 12.9. The number of amides is 2. The van der Waals surface area contributed by atoms with E-state index in [2.05, 4.69) is 5.32 Å². The third-order valence-corrected chi connectivity index (χ3v) is 7.83. The lowest BCUT2D eigenvalue weighted by atomic mass is 10.1. The zero-order valence-corrected chi connectivity index (χ0v) is 19.4. The summed E-state index contributed by atoms with van der Waals surface area (Å²) in [7, 11) is -3.43. The smallest absolute Gasteiger partial charge is 0.255 e. The standard InChI is InChI=1S/C24H29N3O5S/c28-23(25-22-7-3-2-6-21(22)24(29)26-12-4-1-5-13-26)20-10-8-19(9-11-20)18-33(30,31)27-14-16-32-17-15-27/h2-3,6-11H,1,4-5,12-18H2,(H,25,28). The second-order valence-electron chi connectivity index (χ2n) is 8.32. The van der Waals surface area contributed by atoms with Crippen LogP contribution in [0.5, 0.6) is 0 Å². The molecule has 0 unspecified atom stereocenters. The van der Waals surface area contributed by atoms with Gasteiger partial charge in [0, 0.05) is 31.7 Å². The number of morpholine rings is 1. The van der Waals surface area contributed by atoms with Gasteiger partial charge in [0.05, 0.1) is 30.2 Å². The molecule has 2 fully saturated rings. The van der Waals surface area contributed by atoms with Crippen molar-refractivity contribution in [2.45, 2.75) is 25.0 Å². The number of para-hydroxylation sites is 1. The van der Waals surface area contributed by atoms with Crippen LogP contribution in [0.25, 0.3) is 0 Å². The highest BCUT2D eigenvalue weighted by Crippen LogP contribution is 2.21. The van der Waals surface area contributed by atoms with E-state index in [-0.39, 0.29) is 17.6 Å². The minimum absolute atomic E-state index is 0.0748. The maximum absolute atomic E-state index is 13.0. The summed E-state index contributed by atoms with van der Waals surface area (Å²) in [6.45, 7) is 2.99. The predicted octanol–water partition coefficient (Wildman–Crippen LogP) is 2.73. The van der Waals surface area contributed by atoms with Gasteiger partial charge in [0.15, 0.2) is 0 Å². The largest absolute Gasteiger partial charge is 0.379 e. The van der Waals surface area contributed by atoms with Crippen molar-refractivity contribution in [3.05, 3.63) is 65.2 Å². The van der Waals surface area contributed by atoms with Crippen molar-refractivity contribution in [1.29, 1.82) is 0 Å². The Hall–Kier alpha value is -2.75. The Bertz CT molecular complexity index is 1090. The molecular formula is C24H29N3O5S. The summed E-state index contributed by atoms with van der Waals surface area (Å²) in [6.07, 6.45) is 3.12. The van der Waals surface area contributed by atoms with Crippen LogP contribution in [0.3, 0.4) is 0 Å². The summed E-state index contributed by atoms with van der Waals surface area (Å²) in [5.74, 6) is -0.548. The van der Waals surface area contributed by atoms with Gasteiger partial charge in [-0.3, -0.25) is 9.59 Å². The Labute approximate surface area is 194 Å². The van der Waals surface area contributed by atoms with Gasteiger partial charge in [0.25, 0.3) is 11.8 Å². The molecule has 4 rings (SSSR count). The molecule has 2 heterocycles. The van der Waals surface area contributed by atoms with Gasteiger partial charge < -0.3 is 15.0 Å². The van der Waals surface area contributed by atoms with Crippen LogP contribution in [0.2, 0.25) is 0 Å². The van der Waals surface area contributed by atoms with Crippen LogP contribution in [-0.4, -0.2) is 68.8 Å². The highest BCUT2D eigenvalue weighted by molar-refractivity contribution is 7.88. The van der Waals surface area contributed by atoms with Gasteiger partial charge in [-0.2, -0.15) is 4.31 Å². The molecule has 2 aliphatic rings. The molecule has 0 aliphatic carbocycles. The van der Waals surface area contributed by atoms with Gasteiger partial charge in [0.1, 0.15) is 0 Å². The van der Waals surface area contributed by atoms with Gasteiger partial charge in [-0.15, -0.1) is 0 Å². The van der Waals surface area contributed by atoms with E-state index in [1.807, 2.05) is 4.90 Å². The number of nitrogens with zero attached hydrogens (tertiary/aromatic N) is 2. The van der Waals surface area contributed by atoms with Crippen molar-refractivity contribution in [2.75, 3.05) is 44.7 Å². The maximum Gasteiger partial charge on any atom is 0.255 e. The summed E-state index contributed by atoms with van der Waals surface area (Å²) in [5, 5.41) is 2.84. The number of carbonyl (C=O) groups excluding carboxylic acids is 2. The third kappa shape index (κ3) is 5.79. The second-order valence-corrected chi connectivity index (χ2v) is 10.3. The highest BCUT2D eigenvalue weighted by Gasteiger charge is 2.25. The fraction of sp³-hybridized carbons (Fsp3) is 0.417. The zero-order valence-electron chi connectivity index (χ0n) is 18.5. The van der Waals surface area contributed by atoms with Gasteiger partial charge in [-0.1, -0.05) is 24.3 Å². The molecule has 0 aromatic heterocycles. The summed E-state index contributed by atoms with van der Waals surface area (Å²) < 4.78 is 31.9. The van der Waals surface area contributed by atoms with Gasteiger partial charge in [-0.05, 0) is 49.1 Å². The Morgan fingerprint density at radius 3 is 2.24 bits per heavy atom. The van der Waals surface area contributed by atoms with Crippen molar-refractivity contribution in [3.8, 4) is 0 Å². The first-order chi connectivity index (χ1) is 15.9. The number of hydrogen-bond donors (Lipinski definition) is 1. The fourth-order valence-corrected chi connectivity index (χ4v) is 5.62. The molecule has 1 N–H and O–H groups in total. The molecule has 2 aliphatic heterocycles. The number of rotatable bonds is 6. The highest BCUT2D eigenvalue weighted by atomic mass is 32.2. The minimum Gasteiger partial charge on any atom is -0.379 e. The molecular weight excluding hydrogens is 442 g/mol. The zero-order chi connectivity index (χ0) is 23.3. The molecule has 2 amide bonds. The van der Waals surface area contributed by atoms with Gasteiger partial charge in [-0.25, -0.2) is 8.42 Å². The topological polar surface area (TPSA) is 96.0 Å². The monoisotopic (exact) mass is 471 g/mol. The molecule has 2 saturated heterocycles. The van der Waals surface area contributed by atoms with Crippen LogP contribution in [0, 0.1) is 0 Å². The molecule has 0 saturated carbocycles. The molecule has 0 spiro atoms. The first-order valence-electron chi connectivity index (χ1n) is 11.3. The molecule has 33 heavy (non-hydrogen) atoms. The number of nitrogens with one attached hydrogen (secondary N) is 1. The molecule has 0 radical (unpaired) electrons. The van der Waals surface area contributed by atoms with Crippen LogP contribution in [0.15, 0.2) is 48.5 Å². The summed E-state index contributed by atoms with van der Waals surface area (Å²) in [4.78, 5) is 27.6. The third-order valence-electron chi connectivity index (χ3n) is 5.98. The van der Waals surface area contributed by atoms with Crippen LogP contribution in [-0.2, 0) is 20.5 Å². The predicted molar refractivity (Wildman–Crippen MR) is 126 cm³/mol. The Kier molecular flexibility index (Phi) is 7.42. The Balaban J connectivity index is 1.43. The lowest BCUT2D eigenvalue weighted by Gasteiger charge is -2.27. The Morgan fingerprint density at radius 1 is 0.879 bits per heavy atom. The van der Waals surface area contributed by atoms with E-state index in [4.69, 9.17) is 4.74 Å². The number of hydrogen-bond acceptors (Lipinski definition) is 5. The molecule has 8 nitrogen and oxygen atoms in total. The van der Waals surface area contributed by atoms with E-state index >= 15 is 0 Å². The average molecular weight is 472 g/mol. The van der Waals surface area contributed by atoms with Gasteiger partial charge >= 0.3 is 0 Å². The normalized spacial score (nSPS) is 17.5. The van der Waals surface area contributed by atoms with Crippen LogP contribution in [0.4, 0.5) is 5.69 Å². The fourth-order valence-electron chi connectivity index (χ4n) is 4.12. The van der Waals surface area contributed by atoms with Crippen molar-refractivity contribution in [1.82, 2.24) is 9.21 Å². The van der Waals surface area contributed by atoms with Crippen molar-refractivity contribution in [3.63, 3.8) is 0 Å². The van der Waals surface area contributed by atoms with E-state index in [1.54, 1.807) is 48.5 Å². The maximum atomic E-state index is 13.0. The lowest BCUT2D eigenvalue weighted by molar-refractivity contribution is 0.0725. The SMILES string of the molecule is O=C(Nc1ccccc1C(=O)N1CCCCC1)c1ccc(CS(=O)(=O)N2CCOCC2)cc1. The molecule has 0 bridgehead atoms. The summed E-state index contributed by atoms with van der Waals surface area (Å²) in [6, 6.07) is 13.5. The summed E-state index contributed by atoms with van der Waals surface area (Å²) >= 11 is 0. The molecule has 9 heteroatoms.